The minimum absolute atomic E-state index is 0.0834. The second-order valence-electron chi connectivity index (χ2n) is 18.5. The fourth-order valence-electron chi connectivity index (χ4n) is 7.85. The highest BCUT2D eigenvalue weighted by Crippen LogP contribution is 2.16. The van der Waals surface area contributed by atoms with Gasteiger partial charge < -0.3 is 14.2 Å². The third-order valence-electron chi connectivity index (χ3n) is 12.0. The number of ether oxygens (including phenoxy) is 3. The fraction of sp³-hybridized carbons (Fsp3) is 0.780. The SMILES string of the molecule is CC/C=C\C/C=C\C/C=C\CCCCCCCCCCCC(=O)OCC(COC(=O)CCCCC/C=C\C=C/CCCC)OC(=O)CCCCCCCCCCCCCCCCCCC. The monoisotopic (exact) mass is 909 g/mol. The summed E-state index contributed by atoms with van der Waals surface area (Å²) < 4.78 is 16.8. The van der Waals surface area contributed by atoms with Crippen LogP contribution in [0.5, 0.6) is 0 Å². The molecule has 1 unspecified atom stereocenters. The van der Waals surface area contributed by atoms with Crippen molar-refractivity contribution in [2.45, 2.75) is 284 Å². The Labute approximate surface area is 402 Å². The molecule has 0 spiro atoms. The van der Waals surface area contributed by atoms with Crippen LogP contribution in [0.4, 0.5) is 0 Å². The molecule has 6 nitrogen and oxygen atoms in total. The minimum Gasteiger partial charge on any atom is -0.462 e. The molecule has 0 aromatic heterocycles. The Bertz CT molecular complexity index is 1180. The van der Waals surface area contributed by atoms with Crippen LogP contribution in [0.2, 0.25) is 0 Å². The van der Waals surface area contributed by atoms with Gasteiger partial charge in [-0.05, 0) is 70.6 Å². The van der Waals surface area contributed by atoms with E-state index < -0.39 is 6.10 Å². The molecule has 0 amide bonds. The zero-order chi connectivity index (χ0) is 47.2. The smallest absolute Gasteiger partial charge is 0.306 e. The Hall–Kier alpha value is -2.89. The third-order valence-corrected chi connectivity index (χ3v) is 12.0. The molecule has 0 aliphatic rings. The molecule has 0 aliphatic carbocycles. The van der Waals surface area contributed by atoms with Crippen LogP contribution >= 0.6 is 0 Å². The summed E-state index contributed by atoms with van der Waals surface area (Å²) in [5.41, 5.74) is 0. The Morgan fingerprint density at radius 1 is 0.338 bits per heavy atom. The number of allylic oxidation sites excluding steroid dienone is 10. The van der Waals surface area contributed by atoms with Crippen molar-refractivity contribution in [2.75, 3.05) is 13.2 Å². The van der Waals surface area contributed by atoms with Crippen LogP contribution in [0.25, 0.3) is 0 Å². The average Bonchev–Trinajstić information content (AvgIpc) is 3.30. The molecule has 6 heteroatoms. The van der Waals surface area contributed by atoms with E-state index in [1.807, 2.05) is 0 Å². The van der Waals surface area contributed by atoms with E-state index in [2.05, 4.69) is 81.5 Å². The molecule has 0 N–H and O–H groups in total. The summed E-state index contributed by atoms with van der Waals surface area (Å²) in [5, 5.41) is 0. The maximum atomic E-state index is 12.8. The van der Waals surface area contributed by atoms with Gasteiger partial charge >= 0.3 is 17.9 Å². The van der Waals surface area contributed by atoms with Crippen LogP contribution in [-0.4, -0.2) is 37.2 Å². The van der Waals surface area contributed by atoms with Crippen molar-refractivity contribution in [3.8, 4) is 0 Å². The molecule has 0 saturated heterocycles. The lowest BCUT2D eigenvalue weighted by atomic mass is 10.0. The summed E-state index contributed by atoms with van der Waals surface area (Å²) >= 11 is 0. The maximum absolute atomic E-state index is 12.8. The van der Waals surface area contributed by atoms with Crippen molar-refractivity contribution in [1.29, 1.82) is 0 Å². The molecule has 65 heavy (non-hydrogen) atoms. The van der Waals surface area contributed by atoms with Crippen LogP contribution in [0.1, 0.15) is 278 Å². The van der Waals surface area contributed by atoms with Crippen LogP contribution in [-0.2, 0) is 28.6 Å². The van der Waals surface area contributed by atoms with Crippen LogP contribution in [0, 0.1) is 0 Å². The Balaban J connectivity index is 4.33. The third kappa shape index (κ3) is 51.9. The number of rotatable bonds is 50. The largest absolute Gasteiger partial charge is 0.462 e. The molecule has 0 aliphatic heterocycles. The highest BCUT2D eigenvalue weighted by molar-refractivity contribution is 5.71. The summed E-state index contributed by atoms with van der Waals surface area (Å²) in [6.07, 6.45) is 66.4. The molecule has 0 rings (SSSR count). The van der Waals surface area contributed by atoms with E-state index in [0.717, 1.165) is 89.9 Å². The van der Waals surface area contributed by atoms with Gasteiger partial charge in [0.05, 0.1) is 0 Å². The van der Waals surface area contributed by atoms with Gasteiger partial charge in [0.1, 0.15) is 13.2 Å². The Morgan fingerprint density at radius 3 is 1.09 bits per heavy atom. The van der Waals surface area contributed by atoms with E-state index >= 15 is 0 Å². The maximum Gasteiger partial charge on any atom is 0.306 e. The lowest BCUT2D eigenvalue weighted by molar-refractivity contribution is -0.167. The first kappa shape index (κ1) is 62.1. The van der Waals surface area contributed by atoms with E-state index in [-0.39, 0.29) is 31.1 Å². The van der Waals surface area contributed by atoms with Gasteiger partial charge in [0.2, 0.25) is 0 Å². The molecule has 0 bridgehead atoms. The lowest BCUT2D eigenvalue weighted by Gasteiger charge is -2.18. The quantitative estimate of drug-likeness (QED) is 0.0199. The number of hydrogen-bond donors (Lipinski definition) is 0. The number of hydrogen-bond acceptors (Lipinski definition) is 6. The molecule has 1 atom stereocenters. The summed E-state index contributed by atoms with van der Waals surface area (Å²) in [6.45, 7) is 6.47. The molecule has 0 radical (unpaired) electrons. The van der Waals surface area contributed by atoms with Crippen LogP contribution in [0.15, 0.2) is 60.8 Å². The van der Waals surface area contributed by atoms with Gasteiger partial charge in [0.15, 0.2) is 6.10 Å². The van der Waals surface area contributed by atoms with E-state index in [0.29, 0.717) is 19.3 Å². The van der Waals surface area contributed by atoms with E-state index in [4.69, 9.17) is 14.2 Å². The first-order chi connectivity index (χ1) is 32.0. The van der Waals surface area contributed by atoms with Crippen LogP contribution in [0.3, 0.4) is 0 Å². The van der Waals surface area contributed by atoms with E-state index in [1.54, 1.807) is 0 Å². The van der Waals surface area contributed by atoms with Crippen molar-refractivity contribution in [2.24, 2.45) is 0 Å². The molecule has 0 aromatic rings. The van der Waals surface area contributed by atoms with Gasteiger partial charge in [-0.15, -0.1) is 0 Å². The Kier molecular flexibility index (Phi) is 51.3. The van der Waals surface area contributed by atoms with E-state index in [1.165, 1.54) is 148 Å². The van der Waals surface area contributed by atoms with Crippen molar-refractivity contribution in [3.63, 3.8) is 0 Å². The van der Waals surface area contributed by atoms with Gasteiger partial charge in [0, 0.05) is 19.3 Å². The summed E-state index contributed by atoms with van der Waals surface area (Å²) in [5.74, 6) is -0.907. The van der Waals surface area contributed by atoms with Gasteiger partial charge in [-0.3, -0.25) is 14.4 Å². The molecule has 0 saturated carbocycles. The predicted octanol–water partition coefficient (Wildman–Crippen LogP) is 18.4. The average molecular weight is 909 g/mol. The first-order valence-electron chi connectivity index (χ1n) is 27.8. The van der Waals surface area contributed by atoms with Gasteiger partial charge in [-0.2, -0.15) is 0 Å². The second kappa shape index (κ2) is 53.7. The van der Waals surface area contributed by atoms with Crippen molar-refractivity contribution >= 4 is 17.9 Å². The normalized spacial score (nSPS) is 12.5. The molecule has 0 fully saturated rings. The second-order valence-corrected chi connectivity index (χ2v) is 18.5. The summed E-state index contributed by atoms with van der Waals surface area (Å²) in [4.78, 5) is 38.0. The van der Waals surface area contributed by atoms with E-state index in [9.17, 15) is 14.4 Å². The predicted molar refractivity (Wildman–Crippen MR) is 279 cm³/mol. The summed E-state index contributed by atoms with van der Waals surface area (Å²) in [7, 11) is 0. The molecule has 0 heterocycles. The lowest BCUT2D eigenvalue weighted by Crippen LogP contribution is -2.30. The molecular weight excluding hydrogens is 805 g/mol. The summed E-state index contributed by atoms with van der Waals surface area (Å²) in [6, 6.07) is 0. The number of carbonyl (C=O) groups is 3. The first-order valence-corrected chi connectivity index (χ1v) is 27.8. The van der Waals surface area contributed by atoms with Crippen molar-refractivity contribution < 1.29 is 28.6 Å². The zero-order valence-corrected chi connectivity index (χ0v) is 43.0. The number of carbonyl (C=O) groups excluding carboxylic acids is 3. The fourth-order valence-corrected chi connectivity index (χ4v) is 7.85. The molecular formula is C59H104O6. The van der Waals surface area contributed by atoms with Crippen LogP contribution < -0.4 is 0 Å². The van der Waals surface area contributed by atoms with Crippen molar-refractivity contribution in [3.05, 3.63) is 60.8 Å². The van der Waals surface area contributed by atoms with Gasteiger partial charge in [0.25, 0.3) is 0 Å². The Morgan fingerprint density at radius 2 is 0.662 bits per heavy atom. The van der Waals surface area contributed by atoms with Gasteiger partial charge in [-0.1, -0.05) is 248 Å². The number of unbranched alkanes of at least 4 members (excludes halogenated alkanes) is 30. The molecule has 0 aromatic carbocycles. The number of esters is 3. The zero-order valence-electron chi connectivity index (χ0n) is 43.0. The topological polar surface area (TPSA) is 78.9 Å². The highest BCUT2D eigenvalue weighted by atomic mass is 16.6. The highest BCUT2D eigenvalue weighted by Gasteiger charge is 2.19. The standard InChI is InChI=1S/C59H104O6/c1-4-7-10-13-16-19-22-24-26-28-29-31-32-34-37-40-43-46-49-52-58(61)64-55-56(54-63-57(60)51-48-45-42-39-36-21-18-15-12-9-6-3)65-59(62)53-50-47-44-41-38-35-33-30-27-25-23-20-17-14-11-8-5-2/h7,10,15-16,18-19,21,24,26,36,56H,4-6,8-9,11-14,17,20,22-23,25,27-35,37-55H2,1-3H3/b10-7-,18-15-,19-16-,26-24-,36-21-. The van der Waals surface area contributed by atoms with Gasteiger partial charge in [-0.25, -0.2) is 0 Å². The minimum atomic E-state index is -0.784. The van der Waals surface area contributed by atoms with Crippen molar-refractivity contribution in [1.82, 2.24) is 0 Å². The molecule has 376 valence electrons.